The maximum Gasteiger partial charge on any atom is 0.303 e. The van der Waals surface area contributed by atoms with Crippen molar-refractivity contribution in [1.82, 2.24) is 20.0 Å². The van der Waals surface area contributed by atoms with Crippen LogP contribution in [0.4, 0.5) is 4.39 Å². The molecule has 2 atom stereocenters. The standard InChI is InChI=1S/C38H51FN4O3/c1-24(2)16-32(43-37(46)28(6)18-31(41-43)11-15-42-22-38(23-42)12-13-38)21-40-14-10-29(20-34(44)45)33-19-30(17-27(5)36(33)39)35-25(3)8-7-9-26(35)4/h7-9,17-19,24,29,32,40H,10-16,20-23H2,1-6H3,(H,44,45)/t29-,32-/m0/s1. The molecule has 46 heavy (non-hydrogen) atoms. The van der Waals surface area contributed by atoms with Crippen LogP contribution >= 0.6 is 0 Å². The number of aryl methyl sites for hydroxylation is 4. The quantitative estimate of drug-likeness (QED) is 0.181. The fourth-order valence-electron chi connectivity index (χ4n) is 7.35. The number of aromatic nitrogens is 2. The third kappa shape index (κ3) is 7.95. The van der Waals surface area contributed by atoms with Crippen molar-refractivity contribution in [2.75, 3.05) is 32.7 Å². The largest absolute Gasteiger partial charge is 0.481 e. The SMILES string of the molecule is Cc1cc(-c2c(C)cccc2C)cc([C@@H](CCNC[C@H](CC(C)C)n2nc(CCN3CC4(CC4)C3)cc(C)c2=O)CC(=O)O)c1F. The van der Waals surface area contributed by atoms with E-state index in [1.807, 2.05) is 57.2 Å². The average molecular weight is 631 g/mol. The van der Waals surface area contributed by atoms with E-state index in [1.54, 1.807) is 11.6 Å². The predicted octanol–water partition coefficient (Wildman–Crippen LogP) is 6.75. The Labute approximate surface area is 273 Å². The molecule has 1 aliphatic carbocycles. The van der Waals surface area contributed by atoms with Gasteiger partial charge in [-0.1, -0.05) is 32.0 Å². The van der Waals surface area contributed by atoms with Gasteiger partial charge >= 0.3 is 5.97 Å². The second-order valence-corrected chi connectivity index (χ2v) is 14.6. The van der Waals surface area contributed by atoms with E-state index in [9.17, 15) is 14.7 Å². The van der Waals surface area contributed by atoms with E-state index in [0.717, 1.165) is 47.3 Å². The minimum absolute atomic E-state index is 0.0679. The van der Waals surface area contributed by atoms with Crippen LogP contribution in [0.3, 0.4) is 0 Å². The van der Waals surface area contributed by atoms with Gasteiger partial charge in [0.1, 0.15) is 5.82 Å². The number of rotatable bonds is 15. The number of likely N-dealkylation sites (tertiary alicyclic amines) is 1. The molecule has 1 aliphatic heterocycles. The van der Waals surface area contributed by atoms with Crippen LogP contribution in [0.1, 0.15) is 91.4 Å². The molecule has 1 aromatic heterocycles. The Morgan fingerprint density at radius 3 is 2.37 bits per heavy atom. The average Bonchev–Trinajstić information content (AvgIpc) is 3.77. The Morgan fingerprint density at radius 2 is 1.74 bits per heavy atom. The molecule has 1 saturated heterocycles. The Kier molecular flexibility index (Phi) is 10.5. The summed E-state index contributed by atoms with van der Waals surface area (Å²) >= 11 is 0. The molecule has 1 spiro atoms. The Morgan fingerprint density at radius 1 is 1.04 bits per heavy atom. The van der Waals surface area contributed by atoms with E-state index < -0.39 is 11.9 Å². The number of hydrogen-bond acceptors (Lipinski definition) is 5. The number of nitrogens with one attached hydrogen (secondary N) is 1. The number of benzene rings is 2. The van der Waals surface area contributed by atoms with Gasteiger partial charge in [-0.05, 0) is 129 Å². The summed E-state index contributed by atoms with van der Waals surface area (Å²) in [5, 5.41) is 18.1. The van der Waals surface area contributed by atoms with Crippen molar-refractivity contribution in [2.45, 2.75) is 92.0 Å². The third-order valence-electron chi connectivity index (χ3n) is 9.98. The van der Waals surface area contributed by atoms with Crippen molar-refractivity contribution in [3.05, 3.63) is 86.1 Å². The second-order valence-electron chi connectivity index (χ2n) is 14.6. The highest BCUT2D eigenvalue weighted by Gasteiger charge is 2.51. The summed E-state index contributed by atoms with van der Waals surface area (Å²) < 4.78 is 17.3. The summed E-state index contributed by atoms with van der Waals surface area (Å²) in [5.41, 5.74) is 7.31. The number of aliphatic carboxylic acids is 1. The van der Waals surface area contributed by atoms with Crippen molar-refractivity contribution in [2.24, 2.45) is 11.3 Å². The van der Waals surface area contributed by atoms with Crippen LogP contribution < -0.4 is 10.9 Å². The van der Waals surface area contributed by atoms with Crippen LogP contribution in [0.25, 0.3) is 11.1 Å². The van der Waals surface area contributed by atoms with Gasteiger partial charge in [0.05, 0.1) is 18.2 Å². The number of nitrogens with zero attached hydrogens (tertiary/aromatic N) is 3. The van der Waals surface area contributed by atoms with Crippen LogP contribution in [0.15, 0.2) is 41.2 Å². The molecule has 8 heteroatoms. The van der Waals surface area contributed by atoms with Crippen LogP contribution in [0, 0.1) is 44.8 Å². The summed E-state index contributed by atoms with van der Waals surface area (Å²) in [5.74, 6) is -1.44. The molecule has 5 rings (SSSR count). The van der Waals surface area contributed by atoms with Crippen molar-refractivity contribution in [1.29, 1.82) is 0 Å². The third-order valence-corrected chi connectivity index (χ3v) is 9.98. The van der Waals surface area contributed by atoms with Gasteiger partial charge in [0.15, 0.2) is 0 Å². The minimum atomic E-state index is -0.953. The molecule has 3 aromatic rings. The first-order valence-electron chi connectivity index (χ1n) is 17.0. The Bertz CT molecular complexity index is 1600. The summed E-state index contributed by atoms with van der Waals surface area (Å²) in [6.07, 6.45) is 4.61. The molecular weight excluding hydrogens is 579 g/mol. The van der Waals surface area contributed by atoms with Gasteiger partial charge in [0.25, 0.3) is 5.56 Å². The molecule has 0 unspecified atom stereocenters. The second kappa shape index (κ2) is 14.2. The molecular formula is C38H51FN4O3. The van der Waals surface area contributed by atoms with E-state index in [-0.39, 0.29) is 23.8 Å². The van der Waals surface area contributed by atoms with Gasteiger partial charge in [-0.2, -0.15) is 5.10 Å². The fraction of sp³-hybridized carbons (Fsp3) is 0.553. The monoisotopic (exact) mass is 630 g/mol. The van der Waals surface area contributed by atoms with Crippen LogP contribution in [-0.2, 0) is 11.2 Å². The molecule has 1 saturated carbocycles. The maximum atomic E-state index is 15.6. The topological polar surface area (TPSA) is 87.5 Å². The van der Waals surface area contributed by atoms with Crippen molar-refractivity contribution < 1.29 is 14.3 Å². The van der Waals surface area contributed by atoms with E-state index >= 15 is 4.39 Å². The predicted molar refractivity (Wildman–Crippen MR) is 182 cm³/mol. The number of carbonyl (C=O) groups is 1. The highest BCUT2D eigenvalue weighted by atomic mass is 19.1. The van der Waals surface area contributed by atoms with Gasteiger partial charge in [-0.25, -0.2) is 9.07 Å². The first-order chi connectivity index (χ1) is 21.9. The fourth-order valence-corrected chi connectivity index (χ4v) is 7.35. The summed E-state index contributed by atoms with van der Waals surface area (Å²) in [6, 6.07) is 11.6. The Balaban J connectivity index is 1.29. The van der Waals surface area contributed by atoms with Crippen LogP contribution in [0.2, 0.25) is 0 Å². The van der Waals surface area contributed by atoms with Gasteiger partial charge in [0.2, 0.25) is 0 Å². The van der Waals surface area contributed by atoms with Crippen LogP contribution in [0.5, 0.6) is 0 Å². The normalized spacial score (nSPS) is 16.9. The lowest BCUT2D eigenvalue weighted by Gasteiger charge is -2.40. The number of hydrogen-bond donors (Lipinski definition) is 2. The summed E-state index contributed by atoms with van der Waals surface area (Å²) in [4.78, 5) is 27.8. The molecule has 7 nitrogen and oxygen atoms in total. The molecule has 2 aliphatic rings. The van der Waals surface area contributed by atoms with E-state index in [2.05, 4.69) is 24.1 Å². The number of carboxylic acids is 1. The zero-order valence-corrected chi connectivity index (χ0v) is 28.5. The van der Waals surface area contributed by atoms with Gasteiger partial charge < -0.3 is 15.3 Å². The van der Waals surface area contributed by atoms with Crippen molar-refractivity contribution in [3.63, 3.8) is 0 Å². The smallest absolute Gasteiger partial charge is 0.303 e. The highest BCUT2D eigenvalue weighted by Crippen LogP contribution is 2.52. The molecule has 2 aromatic carbocycles. The molecule has 0 amide bonds. The number of carboxylic acid groups (broad SMARTS) is 1. The molecule has 0 bridgehead atoms. The summed E-state index contributed by atoms with van der Waals surface area (Å²) in [6.45, 7) is 16.3. The molecule has 2 N–H and O–H groups in total. The molecule has 2 heterocycles. The van der Waals surface area contributed by atoms with Gasteiger partial charge in [-0.3, -0.25) is 9.59 Å². The van der Waals surface area contributed by atoms with Gasteiger partial charge in [-0.15, -0.1) is 0 Å². The molecule has 2 fully saturated rings. The van der Waals surface area contributed by atoms with Crippen molar-refractivity contribution >= 4 is 5.97 Å². The van der Waals surface area contributed by atoms with E-state index in [4.69, 9.17) is 5.10 Å². The molecule has 248 valence electrons. The maximum absolute atomic E-state index is 15.6. The summed E-state index contributed by atoms with van der Waals surface area (Å²) in [7, 11) is 0. The zero-order chi connectivity index (χ0) is 33.2. The zero-order valence-electron chi connectivity index (χ0n) is 28.5. The highest BCUT2D eigenvalue weighted by molar-refractivity contribution is 5.73. The minimum Gasteiger partial charge on any atom is -0.481 e. The first kappa shape index (κ1) is 34.0. The lowest BCUT2D eigenvalue weighted by atomic mass is 9.86. The lowest BCUT2D eigenvalue weighted by molar-refractivity contribution is -0.137. The van der Waals surface area contributed by atoms with E-state index in [0.29, 0.717) is 47.5 Å². The lowest BCUT2D eigenvalue weighted by Crippen LogP contribution is -2.49. The Hall–Kier alpha value is -3.36. The van der Waals surface area contributed by atoms with Gasteiger partial charge in [0, 0.05) is 38.2 Å². The van der Waals surface area contributed by atoms with Crippen molar-refractivity contribution in [3.8, 4) is 11.1 Å². The first-order valence-corrected chi connectivity index (χ1v) is 17.0. The van der Waals surface area contributed by atoms with Crippen LogP contribution in [-0.4, -0.2) is 58.5 Å². The van der Waals surface area contributed by atoms with E-state index in [1.165, 1.54) is 25.9 Å². The number of halogens is 1. The molecule has 0 radical (unpaired) electrons.